The topological polar surface area (TPSA) is 40.5 Å². The molecule has 0 saturated heterocycles. The van der Waals surface area contributed by atoms with E-state index in [1.54, 1.807) is 0 Å². The van der Waals surface area contributed by atoms with Gasteiger partial charge in [-0.3, -0.25) is 9.69 Å². The second-order valence-electron chi connectivity index (χ2n) is 5.40. The van der Waals surface area contributed by atoms with Gasteiger partial charge in [0.2, 0.25) is 0 Å². The summed E-state index contributed by atoms with van der Waals surface area (Å²) < 4.78 is 0. The number of carbonyl (C=O) groups is 1. The van der Waals surface area contributed by atoms with Crippen molar-refractivity contribution < 1.29 is 9.90 Å². The van der Waals surface area contributed by atoms with E-state index < -0.39 is 5.97 Å². The van der Waals surface area contributed by atoms with Crippen molar-refractivity contribution in [1.29, 1.82) is 0 Å². The average molecular weight is 211 g/mol. The lowest BCUT2D eigenvalue weighted by Gasteiger charge is -2.31. The molecule has 86 valence electrons. The molecule has 0 heterocycles. The van der Waals surface area contributed by atoms with Crippen LogP contribution in [0.15, 0.2) is 0 Å². The number of hydrogen-bond donors (Lipinski definition) is 1. The Morgan fingerprint density at radius 1 is 1.33 bits per heavy atom. The number of hydrogen-bond acceptors (Lipinski definition) is 2. The van der Waals surface area contributed by atoms with Crippen molar-refractivity contribution in [3.8, 4) is 0 Å². The molecule has 2 fully saturated rings. The van der Waals surface area contributed by atoms with Crippen molar-refractivity contribution in [2.45, 2.75) is 51.6 Å². The molecule has 0 aliphatic heterocycles. The third kappa shape index (κ3) is 2.71. The summed E-state index contributed by atoms with van der Waals surface area (Å²) in [6, 6.07) is 0.298. The maximum atomic E-state index is 11.3. The van der Waals surface area contributed by atoms with E-state index in [4.69, 9.17) is 0 Å². The molecule has 2 saturated carbocycles. The molecule has 0 spiro atoms. The van der Waals surface area contributed by atoms with Crippen LogP contribution in [-0.4, -0.2) is 34.6 Å². The minimum absolute atomic E-state index is 0.210. The molecule has 15 heavy (non-hydrogen) atoms. The third-order valence-electron chi connectivity index (χ3n) is 3.42. The molecule has 0 amide bonds. The average Bonchev–Trinajstić information content (AvgIpc) is 2.98. The fourth-order valence-corrected chi connectivity index (χ4v) is 2.30. The van der Waals surface area contributed by atoms with E-state index in [0.29, 0.717) is 6.04 Å². The first kappa shape index (κ1) is 10.9. The van der Waals surface area contributed by atoms with Gasteiger partial charge < -0.3 is 5.11 Å². The molecule has 1 unspecified atom stereocenters. The molecule has 2 rings (SSSR count). The van der Waals surface area contributed by atoms with E-state index >= 15 is 0 Å². The Bertz CT molecular complexity index is 244. The van der Waals surface area contributed by atoms with Crippen LogP contribution in [0.3, 0.4) is 0 Å². The fourth-order valence-electron chi connectivity index (χ4n) is 2.30. The smallest absolute Gasteiger partial charge is 0.321 e. The van der Waals surface area contributed by atoms with Gasteiger partial charge in [0.25, 0.3) is 0 Å². The van der Waals surface area contributed by atoms with E-state index in [-0.39, 0.29) is 12.0 Å². The standard InChI is InChI=1S/C12H21NO2/c1-8(2)11(12(14)15)13(10-5-6-10)7-9-3-4-9/h8-11H,3-7H2,1-2H3,(H,14,15). The van der Waals surface area contributed by atoms with Gasteiger partial charge in [-0.2, -0.15) is 0 Å². The van der Waals surface area contributed by atoms with E-state index in [0.717, 1.165) is 12.5 Å². The van der Waals surface area contributed by atoms with Gasteiger partial charge in [0.1, 0.15) is 6.04 Å². The van der Waals surface area contributed by atoms with E-state index in [2.05, 4.69) is 4.90 Å². The van der Waals surface area contributed by atoms with E-state index in [1.807, 2.05) is 13.8 Å². The van der Waals surface area contributed by atoms with Gasteiger partial charge >= 0.3 is 5.97 Å². The normalized spacial score (nSPS) is 23.5. The van der Waals surface area contributed by atoms with Crippen molar-refractivity contribution in [2.24, 2.45) is 11.8 Å². The molecule has 2 aliphatic rings. The largest absolute Gasteiger partial charge is 0.480 e. The molecule has 2 aliphatic carbocycles. The van der Waals surface area contributed by atoms with Gasteiger partial charge in [0, 0.05) is 12.6 Å². The molecular formula is C12H21NO2. The maximum Gasteiger partial charge on any atom is 0.321 e. The summed E-state index contributed by atoms with van der Waals surface area (Å²) in [7, 11) is 0. The molecule has 0 radical (unpaired) electrons. The Labute approximate surface area is 91.5 Å². The first-order valence-electron chi connectivity index (χ1n) is 6.08. The molecule has 1 atom stereocenters. The highest BCUT2D eigenvalue weighted by Crippen LogP contribution is 2.37. The number of rotatable bonds is 6. The van der Waals surface area contributed by atoms with Crippen LogP contribution in [-0.2, 0) is 4.79 Å². The van der Waals surface area contributed by atoms with Crippen molar-refractivity contribution >= 4 is 5.97 Å². The van der Waals surface area contributed by atoms with Crippen molar-refractivity contribution in [1.82, 2.24) is 4.90 Å². The number of nitrogens with zero attached hydrogens (tertiary/aromatic N) is 1. The molecular weight excluding hydrogens is 190 g/mol. The van der Waals surface area contributed by atoms with Crippen LogP contribution in [0.2, 0.25) is 0 Å². The molecule has 0 aromatic carbocycles. The highest BCUT2D eigenvalue weighted by Gasteiger charge is 2.41. The predicted octanol–water partition coefficient (Wildman–Crippen LogP) is 1.97. The summed E-state index contributed by atoms with van der Waals surface area (Å²) >= 11 is 0. The summed E-state index contributed by atoms with van der Waals surface area (Å²) in [6.45, 7) is 5.04. The van der Waals surface area contributed by atoms with Gasteiger partial charge in [0.15, 0.2) is 0 Å². The summed E-state index contributed by atoms with van der Waals surface area (Å²) in [6.07, 6.45) is 4.99. The Hall–Kier alpha value is -0.570. The zero-order valence-electron chi connectivity index (χ0n) is 9.65. The Balaban J connectivity index is 2.01. The van der Waals surface area contributed by atoms with Crippen LogP contribution in [0.4, 0.5) is 0 Å². The van der Waals surface area contributed by atoms with Crippen molar-refractivity contribution in [3.63, 3.8) is 0 Å². The Morgan fingerprint density at radius 2 is 1.93 bits per heavy atom. The maximum absolute atomic E-state index is 11.3. The fraction of sp³-hybridized carbons (Fsp3) is 0.917. The first-order valence-corrected chi connectivity index (χ1v) is 6.08. The predicted molar refractivity (Wildman–Crippen MR) is 58.7 cm³/mol. The highest BCUT2D eigenvalue weighted by molar-refractivity contribution is 5.73. The minimum Gasteiger partial charge on any atom is -0.480 e. The summed E-state index contributed by atoms with van der Waals surface area (Å²) in [4.78, 5) is 13.5. The number of carboxylic acids is 1. The lowest BCUT2D eigenvalue weighted by Crippen LogP contribution is -2.47. The summed E-state index contributed by atoms with van der Waals surface area (Å²) in [5.74, 6) is 0.352. The van der Waals surface area contributed by atoms with Crippen LogP contribution in [0.25, 0.3) is 0 Å². The molecule has 0 bridgehead atoms. The highest BCUT2D eigenvalue weighted by atomic mass is 16.4. The second kappa shape index (κ2) is 4.12. The van der Waals surface area contributed by atoms with E-state index in [9.17, 15) is 9.90 Å². The van der Waals surface area contributed by atoms with Crippen LogP contribution < -0.4 is 0 Å². The lowest BCUT2D eigenvalue weighted by atomic mass is 10.0. The van der Waals surface area contributed by atoms with Gasteiger partial charge in [-0.15, -0.1) is 0 Å². The summed E-state index contributed by atoms with van der Waals surface area (Å²) in [5.41, 5.74) is 0. The molecule has 1 N–H and O–H groups in total. The lowest BCUT2D eigenvalue weighted by molar-refractivity contribution is -0.145. The second-order valence-corrected chi connectivity index (χ2v) is 5.40. The third-order valence-corrected chi connectivity index (χ3v) is 3.42. The molecule has 0 aromatic heterocycles. The zero-order valence-corrected chi connectivity index (χ0v) is 9.65. The van der Waals surface area contributed by atoms with Crippen LogP contribution in [0.1, 0.15) is 39.5 Å². The van der Waals surface area contributed by atoms with Crippen LogP contribution in [0, 0.1) is 11.8 Å². The molecule has 0 aromatic rings. The van der Waals surface area contributed by atoms with Crippen molar-refractivity contribution in [3.05, 3.63) is 0 Å². The van der Waals surface area contributed by atoms with E-state index in [1.165, 1.54) is 25.7 Å². The first-order chi connectivity index (χ1) is 7.09. The monoisotopic (exact) mass is 211 g/mol. The number of aliphatic carboxylic acids is 1. The summed E-state index contributed by atoms with van der Waals surface area (Å²) in [5, 5.41) is 9.28. The molecule has 3 nitrogen and oxygen atoms in total. The molecule has 3 heteroatoms. The van der Waals surface area contributed by atoms with Gasteiger partial charge in [-0.1, -0.05) is 13.8 Å². The number of carboxylic acid groups (broad SMARTS) is 1. The van der Waals surface area contributed by atoms with Crippen LogP contribution >= 0.6 is 0 Å². The van der Waals surface area contributed by atoms with Crippen molar-refractivity contribution in [2.75, 3.05) is 6.54 Å². The van der Waals surface area contributed by atoms with Gasteiger partial charge in [-0.25, -0.2) is 0 Å². The van der Waals surface area contributed by atoms with Crippen LogP contribution in [0.5, 0.6) is 0 Å². The van der Waals surface area contributed by atoms with Gasteiger partial charge in [-0.05, 0) is 37.5 Å². The van der Waals surface area contributed by atoms with Gasteiger partial charge in [0.05, 0.1) is 0 Å². The zero-order chi connectivity index (χ0) is 11.0. The minimum atomic E-state index is -0.641. The SMILES string of the molecule is CC(C)C(C(=O)O)N(CC1CC1)C1CC1. The Kier molecular flexibility index (Phi) is 3.01. The quantitative estimate of drug-likeness (QED) is 0.730. The Morgan fingerprint density at radius 3 is 2.27 bits per heavy atom.